The Hall–Kier alpha value is -0.810. The number of rotatable bonds is 4. The highest BCUT2D eigenvalue weighted by Crippen LogP contribution is 2.22. The molecule has 0 aromatic rings. The lowest BCUT2D eigenvalue weighted by molar-refractivity contribution is -0.129. The van der Waals surface area contributed by atoms with Crippen LogP contribution in [0.4, 0.5) is 0 Å². The molecule has 1 aliphatic rings. The Morgan fingerprint density at radius 1 is 1.69 bits per heavy atom. The number of carbonyl (C=O) groups is 1. The predicted molar refractivity (Wildman–Crippen MR) is 51.2 cm³/mol. The zero-order valence-electron chi connectivity index (χ0n) is 8.08. The van der Waals surface area contributed by atoms with Crippen LogP contribution in [0.15, 0.2) is 0 Å². The Morgan fingerprint density at radius 3 is 3.00 bits per heavy atom. The third-order valence-electron chi connectivity index (χ3n) is 2.45. The van der Waals surface area contributed by atoms with Crippen LogP contribution in [0.3, 0.4) is 0 Å². The lowest BCUT2D eigenvalue weighted by Crippen LogP contribution is -2.24. The second-order valence-corrected chi connectivity index (χ2v) is 3.58. The molecule has 1 rings (SSSR count). The van der Waals surface area contributed by atoms with E-state index >= 15 is 0 Å². The molecule has 72 valence electrons. The van der Waals surface area contributed by atoms with Crippen LogP contribution >= 0.6 is 0 Å². The van der Waals surface area contributed by atoms with E-state index in [0.717, 1.165) is 19.4 Å². The van der Waals surface area contributed by atoms with Crippen LogP contribution < -0.4 is 0 Å². The van der Waals surface area contributed by atoms with Gasteiger partial charge in [0.25, 0.3) is 0 Å². The first-order chi connectivity index (χ1) is 6.25. The maximum Gasteiger partial charge on any atom is 0.161 e. The molecule has 0 aliphatic carbocycles. The Kier molecular flexibility index (Phi) is 3.98. The van der Waals surface area contributed by atoms with Gasteiger partial charge >= 0.3 is 0 Å². The van der Waals surface area contributed by atoms with E-state index < -0.39 is 0 Å². The smallest absolute Gasteiger partial charge is 0.161 e. The number of terminal acetylenes is 1. The van der Waals surface area contributed by atoms with Crippen LogP contribution in [0, 0.1) is 18.3 Å². The quantitative estimate of drug-likeness (QED) is 0.487. The number of ketones is 1. The summed E-state index contributed by atoms with van der Waals surface area (Å²) in [5, 5.41) is 0. The average Bonchev–Trinajstić information content (AvgIpc) is 2.52. The predicted octanol–water partition coefficient (Wildman–Crippen LogP) is 1.78. The summed E-state index contributed by atoms with van der Waals surface area (Å²) in [7, 11) is 0. The number of unbranched alkanes of at least 4 members (excludes halogenated alkanes) is 1. The maximum atomic E-state index is 11.5. The topological polar surface area (TPSA) is 26.3 Å². The van der Waals surface area contributed by atoms with Crippen LogP contribution in [0.2, 0.25) is 0 Å². The van der Waals surface area contributed by atoms with E-state index in [0.29, 0.717) is 18.8 Å². The molecule has 0 radical (unpaired) electrons. The van der Waals surface area contributed by atoms with E-state index in [9.17, 15) is 4.79 Å². The standard InChI is InChI=1S/C11H16O2/c1-3-4-5-6-10(12)11-9(2)7-8-13-11/h1,9,11H,4-8H2,2H3. The van der Waals surface area contributed by atoms with Gasteiger partial charge in [-0.05, 0) is 18.8 Å². The summed E-state index contributed by atoms with van der Waals surface area (Å²) in [5.74, 6) is 3.14. The van der Waals surface area contributed by atoms with Crippen molar-refractivity contribution in [2.45, 2.75) is 38.7 Å². The van der Waals surface area contributed by atoms with Crippen molar-refractivity contribution in [1.82, 2.24) is 0 Å². The molecule has 1 heterocycles. The van der Waals surface area contributed by atoms with Gasteiger partial charge in [-0.3, -0.25) is 4.79 Å². The fourth-order valence-electron chi connectivity index (χ4n) is 1.61. The van der Waals surface area contributed by atoms with E-state index in [-0.39, 0.29) is 11.9 Å². The molecule has 0 aromatic carbocycles. The van der Waals surface area contributed by atoms with Gasteiger partial charge < -0.3 is 4.74 Å². The summed E-state index contributed by atoms with van der Waals surface area (Å²) in [6.45, 7) is 2.80. The molecule has 1 saturated heterocycles. The summed E-state index contributed by atoms with van der Waals surface area (Å²) >= 11 is 0. The first-order valence-electron chi connectivity index (χ1n) is 4.83. The number of hydrogen-bond donors (Lipinski definition) is 0. The van der Waals surface area contributed by atoms with Crippen molar-refractivity contribution < 1.29 is 9.53 Å². The minimum absolute atomic E-state index is 0.155. The molecule has 2 heteroatoms. The van der Waals surface area contributed by atoms with E-state index in [2.05, 4.69) is 12.8 Å². The molecule has 0 amide bonds. The van der Waals surface area contributed by atoms with Gasteiger partial charge in [0.05, 0.1) is 0 Å². The van der Waals surface area contributed by atoms with E-state index in [1.54, 1.807) is 0 Å². The molecule has 2 unspecified atom stereocenters. The molecule has 0 aromatic heterocycles. The molecule has 13 heavy (non-hydrogen) atoms. The van der Waals surface area contributed by atoms with Crippen molar-refractivity contribution in [1.29, 1.82) is 0 Å². The van der Waals surface area contributed by atoms with Gasteiger partial charge in [-0.15, -0.1) is 12.3 Å². The van der Waals surface area contributed by atoms with E-state index in [1.807, 2.05) is 0 Å². The lowest BCUT2D eigenvalue weighted by atomic mass is 9.98. The second-order valence-electron chi connectivity index (χ2n) is 3.58. The van der Waals surface area contributed by atoms with Crippen LogP contribution in [0.5, 0.6) is 0 Å². The zero-order chi connectivity index (χ0) is 9.68. The van der Waals surface area contributed by atoms with Gasteiger partial charge in [-0.1, -0.05) is 6.92 Å². The van der Waals surface area contributed by atoms with Gasteiger partial charge in [0.2, 0.25) is 0 Å². The first-order valence-corrected chi connectivity index (χ1v) is 4.83. The van der Waals surface area contributed by atoms with Crippen molar-refractivity contribution in [3.05, 3.63) is 0 Å². The summed E-state index contributed by atoms with van der Waals surface area (Å²) < 4.78 is 5.36. The molecule has 0 N–H and O–H groups in total. The van der Waals surface area contributed by atoms with Crippen molar-refractivity contribution in [2.24, 2.45) is 5.92 Å². The molecule has 0 bridgehead atoms. The van der Waals surface area contributed by atoms with Crippen LogP contribution in [-0.2, 0) is 9.53 Å². The van der Waals surface area contributed by atoms with Gasteiger partial charge in [0.15, 0.2) is 5.78 Å². The van der Waals surface area contributed by atoms with Gasteiger partial charge in [0, 0.05) is 19.4 Å². The lowest BCUT2D eigenvalue weighted by Gasteiger charge is -2.12. The highest BCUT2D eigenvalue weighted by Gasteiger charge is 2.29. The van der Waals surface area contributed by atoms with Crippen LogP contribution in [-0.4, -0.2) is 18.5 Å². The highest BCUT2D eigenvalue weighted by molar-refractivity contribution is 5.83. The SMILES string of the molecule is C#CCCCC(=O)C1OCCC1C. The maximum absolute atomic E-state index is 11.5. The highest BCUT2D eigenvalue weighted by atomic mass is 16.5. The van der Waals surface area contributed by atoms with E-state index in [1.165, 1.54) is 0 Å². The summed E-state index contributed by atoms with van der Waals surface area (Å²) in [4.78, 5) is 11.5. The monoisotopic (exact) mass is 180 g/mol. The Morgan fingerprint density at radius 2 is 2.46 bits per heavy atom. The second kappa shape index (κ2) is 5.04. The third-order valence-corrected chi connectivity index (χ3v) is 2.45. The molecule has 0 spiro atoms. The zero-order valence-corrected chi connectivity index (χ0v) is 8.08. The molecule has 1 aliphatic heterocycles. The Bertz CT molecular complexity index is 215. The van der Waals surface area contributed by atoms with Crippen molar-refractivity contribution in [3.8, 4) is 12.3 Å². The largest absolute Gasteiger partial charge is 0.370 e. The number of ether oxygens (including phenoxy) is 1. The minimum atomic E-state index is -0.155. The Balaban J connectivity index is 2.27. The summed E-state index contributed by atoms with van der Waals surface area (Å²) in [6.07, 6.45) is 8.00. The molecule has 0 saturated carbocycles. The molecule has 1 fully saturated rings. The first kappa shape index (κ1) is 10.3. The van der Waals surface area contributed by atoms with Crippen LogP contribution in [0.1, 0.15) is 32.6 Å². The molecular formula is C11H16O2. The molecule has 2 atom stereocenters. The van der Waals surface area contributed by atoms with Gasteiger partial charge in [-0.2, -0.15) is 0 Å². The summed E-state index contributed by atoms with van der Waals surface area (Å²) in [5.41, 5.74) is 0. The van der Waals surface area contributed by atoms with Gasteiger partial charge in [-0.25, -0.2) is 0 Å². The fourth-order valence-corrected chi connectivity index (χ4v) is 1.61. The average molecular weight is 180 g/mol. The fraction of sp³-hybridized carbons (Fsp3) is 0.727. The van der Waals surface area contributed by atoms with Crippen molar-refractivity contribution in [3.63, 3.8) is 0 Å². The third kappa shape index (κ3) is 2.86. The number of Topliss-reactive ketones (excluding diaryl/α,β-unsaturated/α-hetero) is 1. The van der Waals surface area contributed by atoms with E-state index in [4.69, 9.17) is 11.2 Å². The molecule has 2 nitrogen and oxygen atoms in total. The molecular weight excluding hydrogens is 164 g/mol. The summed E-state index contributed by atoms with van der Waals surface area (Å²) in [6, 6.07) is 0. The number of hydrogen-bond acceptors (Lipinski definition) is 2. The van der Waals surface area contributed by atoms with Crippen molar-refractivity contribution in [2.75, 3.05) is 6.61 Å². The Labute approximate surface area is 79.7 Å². The number of carbonyl (C=O) groups excluding carboxylic acids is 1. The van der Waals surface area contributed by atoms with Crippen LogP contribution in [0.25, 0.3) is 0 Å². The van der Waals surface area contributed by atoms with Crippen molar-refractivity contribution >= 4 is 5.78 Å². The van der Waals surface area contributed by atoms with Gasteiger partial charge in [0.1, 0.15) is 6.10 Å². The normalized spacial score (nSPS) is 27.1. The minimum Gasteiger partial charge on any atom is -0.370 e.